The first-order chi connectivity index (χ1) is 10.1. The second-order valence-electron chi connectivity index (χ2n) is 4.09. The number of furan rings is 1. The lowest BCUT2D eigenvalue weighted by Gasteiger charge is -2.01. The van der Waals surface area contributed by atoms with Crippen LogP contribution in [0.1, 0.15) is 10.6 Å². The highest BCUT2D eigenvalue weighted by Gasteiger charge is 2.13. The molecule has 1 amide bonds. The largest absolute Gasteiger partial charge is 0.459 e. The average Bonchev–Trinajstić information content (AvgIpc) is 3.12. The standard InChI is InChI=1S/C14H8Cl2N2O2S/c15-8-3-4-10(16)9(6-8)11-7-21-14(17-11)18-13(19)12-2-1-5-20-12/h1-7H,(H,17,18,19). The van der Waals surface area contributed by atoms with Gasteiger partial charge in [-0.3, -0.25) is 10.1 Å². The van der Waals surface area contributed by atoms with Crippen LogP contribution in [0.3, 0.4) is 0 Å². The first kappa shape index (κ1) is 14.1. The Bertz CT molecular complexity index is 784. The maximum atomic E-state index is 11.9. The van der Waals surface area contributed by atoms with Gasteiger partial charge < -0.3 is 4.42 Å². The Hall–Kier alpha value is -1.82. The molecular formula is C14H8Cl2N2O2S. The zero-order chi connectivity index (χ0) is 14.8. The number of aromatic nitrogens is 1. The van der Waals surface area contributed by atoms with Crippen LogP contribution >= 0.6 is 34.5 Å². The maximum Gasteiger partial charge on any atom is 0.293 e. The van der Waals surface area contributed by atoms with E-state index in [1.807, 2.05) is 0 Å². The van der Waals surface area contributed by atoms with Gasteiger partial charge in [-0.15, -0.1) is 11.3 Å². The van der Waals surface area contributed by atoms with Gasteiger partial charge in [0.05, 0.1) is 17.0 Å². The zero-order valence-electron chi connectivity index (χ0n) is 10.5. The summed E-state index contributed by atoms with van der Waals surface area (Å²) in [6.45, 7) is 0. The minimum atomic E-state index is -0.349. The minimum absolute atomic E-state index is 0.229. The maximum absolute atomic E-state index is 11.9. The van der Waals surface area contributed by atoms with Gasteiger partial charge in [-0.05, 0) is 30.3 Å². The molecule has 0 spiro atoms. The van der Waals surface area contributed by atoms with Gasteiger partial charge >= 0.3 is 0 Å². The van der Waals surface area contributed by atoms with Gasteiger partial charge in [0.25, 0.3) is 5.91 Å². The number of hydrogen-bond acceptors (Lipinski definition) is 4. The van der Waals surface area contributed by atoms with Crippen LogP contribution < -0.4 is 5.32 Å². The molecule has 0 aliphatic rings. The van der Waals surface area contributed by atoms with E-state index in [1.54, 1.807) is 35.7 Å². The summed E-state index contributed by atoms with van der Waals surface area (Å²) in [5.41, 5.74) is 1.38. The van der Waals surface area contributed by atoms with Gasteiger partial charge in [-0.25, -0.2) is 4.98 Å². The number of halogens is 2. The fraction of sp³-hybridized carbons (Fsp3) is 0. The summed E-state index contributed by atoms with van der Waals surface area (Å²) in [7, 11) is 0. The molecule has 7 heteroatoms. The molecule has 0 aliphatic heterocycles. The average molecular weight is 339 g/mol. The first-order valence-corrected chi connectivity index (χ1v) is 7.53. The van der Waals surface area contributed by atoms with E-state index in [4.69, 9.17) is 27.6 Å². The van der Waals surface area contributed by atoms with Crippen molar-refractivity contribution in [1.29, 1.82) is 0 Å². The molecule has 2 aromatic heterocycles. The molecular weight excluding hydrogens is 331 g/mol. The van der Waals surface area contributed by atoms with Gasteiger partial charge in [0.2, 0.25) is 0 Å². The van der Waals surface area contributed by atoms with Crippen LogP contribution in [0.15, 0.2) is 46.4 Å². The molecule has 0 saturated carbocycles. The van der Waals surface area contributed by atoms with E-state index in [0.717, 1.165) is 5.56 Å². The molecule has 21 heavy (non-hydrogen) atoms. The van der Waals surface area contributed by atoms with Crippen molar-refractivity contribution in [2.24, 2.45) is 0 Å². The molecule has 0 atom stereocenters. The number of anilines is 1. The molecule has 1 aromatic carbocycles. The van der Waals surface area contributed by atoms with Crippen molar-refractivity contribution in [2.75, 3.05) is 5.32 Å². The number of nitrogens with zero attached hydrogens (tertiary/aromatic N) is 1. The summed E-state index contributed by atoms with van der Waals surface area (Å²) in [6, 6.07) is 8.38. The van der Waals surface area contributed by atoms with Gasteiger partial charge in [-0.1, -0.05) is 23.2 Å². The van der Waals surface area contributed by atoms with E-state index in [1.165, 1.54) is 17.6 Å². The van der Waals surface area contributed by atoms with E-state index in [-0.39, 0.29) is 11.7 Å². The number of amides is 1. The highest BCUT2D eigenvalue weighted by Crippen LogP contribution is 2.32. The first-order valence-electron chi connectivity index (χ1n) is 5.89. The Morgan fingerprint density at radius 2 is 2.14 bits per heavy atom. The van der Waals surface area contributed by atoms with Crippen LogP contribution in [0.5, 0.6) is 0 Å². The molecule has 2 heterocycles. The Kier molecular flexibility index (Phi) is 3.96. The smallest absolute Gasteiger partial charge is 0.293 e. The topological polar surface area (TPSA) is 55.1 Å². The van der Waals surface area contributed by atoms with Crippen LogP contribution in [0.25, 0.3) is 11.3 Å². The van der Waals surface area contributed by atoms with Crippen LogP contribution in [0.4, 0.5) is 5.13 Å². The number of rotatable bonds is 3. The number of carbonyl (C=O) groups is 1. The monoisotopic (exact) mass is 338 g/mol. The molecule has 0 fully saturated rings. The summed E-state index contributed by atoms with van der Waals surface area (Å²) in [5, 5.41) is 6.05. The highest BCUT2D eigenvalue weighted by atomic mass is 35.5. The highest BCUT2D eigenvalue weighted by molar-refractivity contribution is 7.14. The van der Waals surface area contributed by atoms with Crippen molar-refractivity contribution in [3.63, 3.8) is 0 Å². The number of nitrogens with one attached hydrogen (secondary N) is 1. The summed E-state index contributed by atoms with van der Waals surface area (Å²) in [6.07, 6.45) is 1.44. The van der Waals surface area contributed by atoms with E-state index in [0.29, 0.717) is 20.9 Å². The van der Waals surface area contributed by atoms with Gasteiger partial charge in [0, 0.05) is 16.0 Å². The molecule has 3 rings (SSSR count). The number of carbonyl (C=O) groups excluding carboxylic acids is 1. The molecule has 106 valence electrons. The lowest BCUT2D eigenvalue weighted by Crippen LogP contribution is -2.10. The third-order valence-corrected chi connectivity index (χ3v) is 4.00. The predicted octanol–water partition coefficient (Wildman–Crippen LogP) is 4.96. The van der Waals surface area contributed by atoms with Crippen molar-refractivity contribution in [2.45, 2.75) is 0 Å². The normalized spacial score (nSPS) is 10.6. The molecule has 1 N–H and O–H groups in total. The summed E-state index contributed by atoms with van der Waals surface area (Å²) in [5.74, 6) is -0.120. The van der Waals surface area contributed by atoms with Gasteiger partial charge in [-0.2, -0.15) is 0 Å². The number of thiazole rings is 1. The Labute approximate surface area is 134 Å². The Balaban J connectivity index is 1.83. The second-order valence-corrected chi connectivity index (χ2v) is 5.80. The van der Waals surface area contributed by atoms with E-state index in [2.05, 4.69) is 10.3 Å². The third-order valence-electron chi connectivity index (χ3n) is 2.67. The molecule has 4 nitrogen and oxygen atoms in total. The van der Waals surface area contributed by atoms with E-state index < -0.39 is 0 Å². The molecule has 0 bridgehead atoms. The second kappa shape index (κ2) is 5.89. The van der Waals surface area contributed by atoms with Crippen molar-refractivity contribution in [1.82, 2.24) is 4.98 Å². The SMILES string of the molecule is O=C(Nc1nc(-c2cc(Cl)ccc2Cl)cs1)c1ccco1. The van der Waals surface area contributed by atoms with Crippen LogP contribution in [0, 0.1) is 0 Å². The third kappa shape index (κ3) is 3.10. The Morgan fingerprint density at radius 3 is 2.90 bits per heavy atom. The molecule has 0 aliphatic carbocycles. The Morgan fingerprint density at radius 1 is 1.29 bits per heavy atom. The van der Waals surface area contributed by atoms with Crippen LogP contribution in [0.2, 0.25) is 10.0 Å². The lowest BCUT2D eigenvalue weighted by atomic mass is 10.2. The molecule has 3 aromatic rings. The van der Waals surface area contributed by atoms with Crippen molar-refractivity contribution in [3.8, 4) is 11.3 Å². The summed E-state index contributed by atoms with van der Waals surface area (Å²) >= 11 is 13.4. The number of hydrogen-bond donors (Lipinski definition) is 1. The van der Waals surface area contributed by atoms with Crippen molar-refractivity contribution < 1.29 is 9.21 Å². The van der Waals surface area contributed by atoms with E-state index in [9.17, 15) is 4.79 Å². The molecule has 0 radical (unpaired) electrons. The summed E-state index contributed by atoms with van der Waals surface area (Å²) < 4.78 is 5.02. The van der Waals surface area contributed by atoms with Gasteiger partial charge in [0.1, 0.15) is 0 Å². The predicted molar refractivity (Wildman–Crippen MR) is 84.2 cm³/mol. The fourth-order valence-electron chi connectivity index (χ4n) is 1.72. The van der Waals surface area contributed by atoms with Crippen molar-refractivity contribution >= 4 is 45.6 Å². The lowest BCUT2D eigenvalue weighted by molar-refractivity contribution is 0.0996. The van der Waals surface area contributed by atoms with Crippen LogP contribution in [-0.4, -0.2) is 10.9 Å². The number of benzene rings is 1. The fourth-order valence-corrected chi connectivity index (χ4v) is 2.81. The van der Waals surface area contributed by atoms with E-state index >= 15 is 0 Å². The van der Waals surface area contributed by atoms with Gasteiger partial charge in [0.15, 0.2) is 10.9 Å². The van der Waals surface area contributed by atoms with Crippen molar-refractivity contribution in [3.05, 3.63) is 57.8 Å². The zero-order valence-corrected chi connectivity index (χ0v) is 12.8. The molecule has 0 saturated heterocycles. The van der Waals surface area contributed by atoms with Crippen LogP contribution in [-0.2, 0) is 0 Å². The quantitative estimate of drug-likeness (QED) is 0.734. The minimum Gasteiger partial charge on any atom is -0.459 e. The summed E-state index contributed by atoms with van der Waals surface area (Å²) in [4.78, 5) is 16.2. The molecule has 0 unspecified atom stereocenters.